The van der Waals surface area contributed by atoms with Gasteiger partial charge in [-0.25, -0.2) is 0 Å². The molecule has 0 heterocycles. The van der Waals surface area contributed by atoms with E-state index in [4.69, 9.17) is 5.41 Å². The lowest BCUT2D eigenvalue weighted by atomic mass is 9.85. The highest BCUT2D eigenvalue weighted by atomic mass is 14.4. The summed E-state index contributed by atoms with van der Waals surface area (Å²) in [5, 5.41) is 7.24. The van der Waals surface area contributed by atoms with Gasteiger partial charge in [0, 0.05) is 6.21 Å². The van der Waals surface area contributed by atoms with Gasteiger partial charge in [0.1, 0.15) is 0 Å². The summed E-state index contributed by atoms with van der Waals surface area (Å²) in [5.74, 6) is 0.634. The van der Waals surface area contributed by atoms with Crippen LogP contribution in [-0.4, -0.2) is 6.21 Å². The molecule has 0 radical (unpaired) electrons. The van der Waals surface area contributed by atoms with Crippen molar-refractivity contribution >= 4 is 6.21 Å². The SMILES string of the molecule is C=CCCC1CCCC=C1C=N. The average molecular weight is 163 g/mol. The van der Waals surface area contributed by atoms with Gasteiger partial charge in [-0.2, -0.15) is 0 Å². The summed E-state index contributed by atoms with van der Waals surface area (Å²) < 4.78 is 0. The van der Waals surface area contributed by atoms with E-state index in [-0.39, 0.29) is 0 Å². The molecule has 0 saturated heterocycles. The van der Waals surface area contributed by atoms with Gasteiger partial charge < -0.3 is 5.41 Å². The summed E-state index contributed by atoms with van der Waals surface area (Å²) in [6, 6.07) is 0. The zero-order valence-electron chi connectivity index (χ0n) is 7.55. The Kier molecular flexibility index (Phi) is 3.78. The lowest BCUT2D eigenvalue weighted by molar-refractivity contribution is 0.497. The third kappa shape index (κ3) is 2.33. The van der Waals surface area contributed by atoms with E-state index in [0.717, 1.165) is 12.8 Å². The van der Waals surface area contributed by atoms with E-state index in [0.29, 0.717) is 5.92 Å². The number of allylic oxidation sites excluding steroid dienone is 3. The predicted molar refractivity (Wildman–Crippen MR) is 53.6 cm³/mol. The second kappa shape index (κ2) is 4.91. The lowest BCUT2D eigenvalue weighted by Gasteiger charge is -2.20. The van der Waals surface area contributed by atoms with E-state index in [1.165, 1.54) is 31.1 Å². The molecule has 1 unspecified atom stereocenters. The molecule has 0 fully saturated rings. The molecule has 1 N–H and O–H groups in total. The highest BCUT2D eigenvalue weighted by Crippen LogP contribution is 2.27. The summed E-state index contributed by atoms with van der Waals surface area (Å²) in [4.78, 5) is 0. The van der Waals surface area contributed by atoms with Crippen molar-refractivity contribution in [3.05, 3.63) is 24.3 Å². The first kappa shape index (κ1) is 9.24. The molecule has 0 aromatic carbocycles. The molecule has 0 aromatic rings. The minimum atomic E-state index is 0.634. The highest BCUT2D eigenvalue weighted by Gasteiger charge is 2.14. The first-order valence-electron chi connectivity index (χ1n) is 4.70. The number of nitrogens with one attached hydrogen (secondary N) is 1. The fourth-order valence-electron chi connectivity index (χ4n) is 1.77. The molecule has 0 spiro atoms. The van der Waals surface area contributed by atoms with Gasteiger partial charge >= 0.3 is 0 Å². The van der Waals surface area contributed by atoms with E-state index < -0.39 is 0 Å². The van der Waals surface area contributed by atoms with Crippen LogP contribution in [0.4, 0.5) is 0 Å². The Morgan fingerprint density at radius 2 is 2.50 bits per heavy atom. The Bertz CT molecular complexity index is 191. The predicted octanol–water partition coefficient (Wildman–Crippen LogP) is 3.33. The minimum absolute atomic E-state index is 0.634. The van der Waals surface area contributed by atoms with Crippen molar-refractivity contribution in [3.63, 3.8) is 0 Å². The topological polar surface area (TPSA) is 23.9 Å². The van der Waals surface area contributed by atoms with Crippen LogP contribution in [0.3, 0.4) is 0 Å². The second-order valence-corrected chi connectivity index (χ2v) is 3.34. The van der Waals surface area contributed by atoms with Crippen molar-refractivity contribution in [2.45, 2.75) is 32.1 Å². The standard InChI is InChI=1S/C11H17N/c1-2-3-6-10-7-4-5-8-11(10)9-12/h2,8-10,12H,1,3-7H2. The van der Waals surface area contributed by atoms with Crippen LogP contribution >= 0.6 is 0 Å². The van der Waals surface area contributed by atoms with Crippen LogP contribution < -0.4 is 0 Å². The van der Waals surface area contributed by atoms with Gasteiger partial charge in [0.05, 0.1) is 0 Å². The first-order valence-corrected chi connectivity index (χ1v) is 4.70. The zero-order valence-corrected chi connectivity index (χ0v) is 7.55. The second-order valence-electron chi connectivity index (χ2n) is 3.34. The van der Waals surface area contributed by atoms with Crippen molar-refractivity contribution < 1.29 is 0 Å². The third-order valence-corrected chi connectivity index (χ3v) is 2.49. The highest BCUT2D eigenvalue weighted by molar-refractivity contribution is 5.76. The maximum Gasteiger partial charge on any atom is 0.0209 e. The van der Waals surface area contributed by atoms with Gasteiger partial charge in [-0.05, 0) is 43.6 Å². The number of hydrogen-bond donors (Lipinski definition) is 1. The molecule has 66 valence electrons. The number of rotatable bonds is 4. The first-order chi connectivity index (χ1) is 5.88. The van der Waals surface area contributed by atoms with Crippen LogP contribution in [0, 0.1) is 11.3 Å². The van der Waals surface area contributed by atoms with Crippen molar-refractivity contribution in [2.24, 2.45) is 5.92 Å². The Labute approximate surface area is 74.7 Å². The molecule has 12 heavy (non-hydrogen) atoms. The quantitative estimate of drug-likeness (QED) is 0.485. The molecule has 1 nitrogen and oxygen atoms in total. The Hall–Kier alpha value is -0.850. The van der Waals surface area contributed by atoms with Gasteiger partial charge in [0.2, 0.25) is 0 Å². The third-order valence-electron chi connectivity index (χ3n) is 2.49. The number of hydrogen-bond acceptors (Lipinski definition) is 1. The van der Waals surface area contributed by atoms with Crippen molar-refractivity contribution in [1.82, 2.24) is 0 Å². The van der Waals surface area contributed by atoms with Gasteiger partial charge in [-0.3, -0.25) is 0 Å². The van der Waals surface area contributed by atoms with E-state index in [2.05, 4.69) is 12.7 Å². The molecular weight excluding hydrogens is 146 g/mol. The van der Waals surface area contributed by atoms with E-state index in [1.54, 1.807) is 0 Å². The molecule has 1 aliphatic carbocycles. The van der Waals surface area contributed by atoms with Gasteiger partial charge in [0.15, 0.2) is 0 Å². The summed E-state index contributed by atoms with van der Waals surface area (Å²) in [5.41, 5.74) is 1.24. The Balaban J connectivity index is 2.49. The van der Waals surface area contributed by atoms with Crippen LogP contribution in [0.1, 0.15) is 32.1 Å². The fourth-order valence-corrected chi connectivity index (χ4v) is 1.77. The normalized spacial score (nSPS) is 23.0. The minimum Gasteiger partial charge on any atom is -0.308 e. The van der Waals surface area contributed by atoms with Crippen molar-refractivity contribution in [1.29, 1.82) is 5.41 Å². The van der Waals surface area contributed by atoms with Crippen LogP contribution in [0.25, 0.3) is 0 Å². The maximum atomic E-state index is 7.24. The van der Waals surface area contributed by atoms with Crippen LogP contribution in [-0.2, 0) is 0 Å². The molecule has 0 aromatic heterocycles. The molecule has 0 bridgehead atoms. The fraction of sp³-hybridized carbons (Fsp3) is 0.545. The molecule has 0 saturated carbocycles. The van der Waals surface area contributed by atoms with Gasteiger partial charge in [-0.1, -0.05) is 12.2 Å². The summed E-state index contributed by atoms with van der Waals surface area (Å²) in [6.45, 7) is 3.72. The summed E-state index contributed by atoms with van der Waals surface area (Å²) >= 11 is 0. The smallest absolute Gasteiger partial charge is 0.0209 e. The van der Waals surface area contributed by atoms with Crippen LogP contribution in [0.15, 0.2) is 24.3 Å². The van der Waals surface area contributed by atoms with E-state index in [1.807, 2.05) is 6.08 Å². The molecule has 1 atom stereocenters. The summed E-state index contributed by atoms with van der Waals surface area (Å²) in [6.07, 6.45) is 11.7. The van der Waals surface area contributed by atoms with Crippen LogP contribution in [0.5, 0.6) is 0 Å². The molecule has 1 heteroatoms. The maximum absolute atomic E-state index is 7.24. The van der Waals surface area contributed by atoms with Gasteiger partial charge in [-0.15, -0.1) is 6.58 Å². The van der Waals surface area contributed by atoms with E-state index >= 15 is 0 Å². The zero-order chi connectivity index (χ0) is 8.81. The largest absolute Gasteiger partial charge is 0.308 e. The Morgan fingerprint density at radius 3 is 3.17 bits per heavy atom. The Morgan fingerprint density at radius 1 is 1.67 bits per heavy atom. The molecule has 0 aliphatic heterocycles. The average Bonchev–Trinajstić information content (AvgIpc) is 2.15. The van der Waals surface area contributed by atoms with Crippen molar-refractivity contribution in [2.75, 3.05) is 0 Å². The summed E-state index contributed by atoms with van der Waals surface area (Å²) in [7, 11) is 0. The van der Waals surface area contributed by atoms with Crippen LogP contribution in [0.2, 0.25) is 0 Å². The molecular formula is C11H17N. The van der Waals surface area contributed by atoms with Crippen molar-refractivity contribution in [3.8, 4) is 0 Å². The molecule has 0 amide bonds. The van der Waals surface area contributed by atoms with Gasteiger partial charge in [0.25, 0.3) is 0 Å². The molecule has 1 aliphatic rings. The molecule has 1 rings (SSSR count). The monoisotopic (exact) mass is 163 g/mol. The van der Waals surface area contributed by atoms with E-state index in [9.17, 15) is 0 Å². The lowest BCUT2D eigenvalue weighted by Crippen LogP contribution is -2.09.